The van der Waals surface area contributed by atoms with Crippen LogP contribution in [0.1, 0.15) is 42.7 Å². The molecule has 0 N–H and O–H groups in total. The lowest BCUT2D eigenvalue weighted by Crippen LogP contribution is -2.14. The van der Waals surface area contributed by atoms with Crippen molar-refractivity contribution in [3.63, 3.8) is 0 Å². The molecule has 1 unspecified atom stereocenters. The highest BCUT2D eigenvalue weighted by atomic mass is 35.5. The number of rotatable bonds is 7. The van der Waals surface area contributed by atoms with Gasteiger partial charge in [-0.2, -0.15) is 5.26 Å². The van der Waals surface area contributed by atoms with Gasteiger partial charge in [0.05, 0.1) is 12.1 Å². The molecule has 3 rings (SSSR count). The summed E-state index contributed by atoms with van der Waals surface area (Å²) in [6.07, 6.45) is -1.09. The number of ether oxygens (including phenoxy) is 2. The van der Waals surface area contributed by atoms with Crippen LogP contribution in [0.15, 0.2) is 66.7 Å². The van der Waals surface area contributed by atoms with Gasteiger partial charge >= 0.3 is 5.97 Å². The topological polar surface area (TPSA) is 72.2 Å². The number of nitrogens with zero attached hydrogens (tertiary/aromatic N) is 2. The van der Waals surface area contributed by atoms with Crippen LogP contribution in [0.25, 0.3) is 0 Å². The molecule has 3 aromatic rings. The zero-order valence-electron chi connectivity index (χ0n) is 16.7. The van der Waals surface area contributed by atoms with Crippen LogP contribution in [0, 0.1) is 11.3 Å². The Kier molecular flexibility index (Phi) is 7.05. The lowest BCUT2D eigenvalue weighted by Gasteiger charge is -2.15. The summed E-state index contributed by atoms with van der Waals surface area (Å²) in [6, 6.07) is 21.6. The lowest BCUT2D eigenvalue weighted by molar-refractivity contribution is -0.146. The Morgan fingerprint density at radius 3 is 2.57 bits per heavy atom. The van der Waals surface area contributed by atoms with E-state index in [9.17, 15) is 10.1 Å². The van der Waals surface area contributed by atoms with Crippen molar-refractivity contribution in [2.45, 2.75) is 32.3 Å². The molecule has 0 amide bonds. The highest BCUT2D eigenvalue weighted by molar-refractivity contribution is 6.30. The van der Waals surface area contributed by atoms with E-state index in [1.165, 1.54) is 0 Å². The average Bonchev–Trinajstić information content (AvgIpc) is 2.74. The third-order valence-corrected chi connectivity index (χ3v) is 4.65. The molecule has 0 radical (unpaired) electrons. The van der Waals surface area contributed by atoms with Gasteiger partial charge < -0.3 is 9.47 Å². The van der Waals surface area contributed by atoms with Gasteiger partial charge in [-0.25, -0.2) is 4.98 Å². The maximum Gasteiger partial charge on any atom is 0.311 e. The van der Waals surface area contributed by atoms with Gasteiger partial charge in [-0.1, -0.05) is 55.8 Å². The minimum Gasteiger partial charge on any atom is -0.440 e. The molecule has 152 valence electrons. The summed E-state index contributed by atoms with van der Waals surface area (Å²) in [4.78, 5) is 16.8. The molecular weight excluding hydrogens is 400 g/mol. The molecule has 0 saturated heterocycles. The molecule has 6 heteroatoms. The van der Waals surface area contributed by atoms with Crippen molar-refractivity contribution < 1.29 is 14.3 Å². The Balaban J connectivity index is 1.72. The van der Waals surface area contributed by atoms with Crippen molar-refractivity contribution in [3.8, 4) is 17.7 Å². The molecule has 1 heterocycles. The van der Waals surface area contributed by atoms with Crippen LogP contribution >= 0.6 is 11.6 Å². The minimum atomic E-state index is -1.13. The van der Waals surface area contributed by atoms with Crippen molar-refractivity contribution in [1.82, 2.24) is 4.98 Å². The Morgan fingerprint density at radius 1 is 1.10 bits per heavy atom. The molecule has 0 bridgehead atoms. The largest absolute Gasteiger partial charge is 0.440 e. The minimum absolute atomic E-state index is 0.0447. The number of halogens is 1. The third-order valence-electron chi connectivity index (χ3n) is 4.41. The molecular formula is C24H21ClN2O3. The number of carbonyl (C=O) groups is 1. The molecule has 30 heavy (non-hydrogen) atoms. The summed E-state index contributed by atoms with van der Waals surface area (Å²) in [6.45, 7) is 4.06. The second-order valence-electron chi connectivity index (χ2n) is 6.99. The molecule has 1 atom stereocenters. The Bertz CT molecular complexity index is 1060. The first-order valence-electron chi connectivity index (χ1n) is 9.53. The van der Waals surface area contributed by atoms with Crippen LogP contribution in [0.2, 0.25) is 5.02 Å². The van der Waals surface area contributed by atoms with E-state index in [2.05, 4.69) is 4.98 Å². The first-order valence-corrected chi connectivity index (χ1v) is 9.91. The van der Waals surface area contributed by atoms with Crippen molar-refractivity contribution in [3.05, 3.63) is 88.6 Å². The molecule has 0 fully saturated rings. The normalized spacial score (nSPS) is 11.6. The summed E-state index contributed by atoms with van der Waals surface area (Å²) >= 11 is 6.08. The number of carbonyl (C=O) groups excluding carboxylic acids is 1. The van der Waals surface area contributed by atoms with E-state index < -0.39 is 12.1 Å². The van der Waals surface area contributed by atoms with E-state index in [1.54, 1.807) is 36.4 Å². The number of pyridine rings is 1. The maximum atomic E-state index is 12.5. The molecule has 1 aromatic heterocycles. The molecule has 5 nitrogen and oxygen atoms in total. The van der Waals surface area contributed by atoms with Crippen molar-refractivity contribution >= 4 is 17.6 Å². The molecule has 0 aliphatic rings. The van der Waals surface area contributed by atoms with E-state index in [-0.39, 0.29) is 12.3 Å². The number of esters is 1. The number of nitriles is 1. The van der Waals surface area contributed by atoms with E-state index in [1.807, 2.05) is 50.2 Å². The SMILES string of the molecule is CC(C)c1cc(Cl)ccc1CC(=O)OC(C#N)c1cccc(Oc2ccccc2)n1. The number of aromatic nitrogens is 1. The first-order chi connectivity index (χ1) is 14.5. The van der Waals surface area contributed by atoms with Crippen LogP contribution in [0.3, 0.4) is 0 Å². The van der Waals surface area contributed by atoms with Gasteiger partial charge in [0.15, 0.2) is 0 Å². The van der Waals surface area contributed by atoms with Gasteiger partial charge in [0.25, 0.3) is 0 Å². The molecule has 0 spiro atoms. The van der Waals surface area contributed by atoms with Crippen LogP contribution in [0.4, 0.5) is 0 Å². The number of benzene rings is 2. The summed E-state index contributed by atoms with van der Waals surface area (Å²) in [5.74, 6) is 0.625. The highest BCUT2D eigenvalue weighted by Crippen LogP contribution is 2.26. The number of hydrogen-bond donors (Lipinski definition) is 0. The smallest absolute Gasteiger partial charge is 0.311 e. The summed E-state index contributed by atoms with van der Waals surface area (Å²) in [5, 5.41) is 10.1. The standard InChI is InChI=1S/C24H21ClN2O3/c1-16(2)20-14-18(25)12-11-17(20)13-24(28)30-22(15-26)21-9-6-10-23(27-21)29-19-7-4-3-5-8-19/h3-12,14,16,22H,13H2,1-2H3. The second-order valence-corrected chi connectivity index (χ2v) is 7.43. The summed E-state index contributed by atoms with van der Waals surface area (Å²) in [5.41, 5.74) is 2.11. The Labute approximate surface area is 180 Å². The Morgan fingerprint density at radius 2 is 1.87 bits per heavy atom. The van der Waals surface area contributed by atoms with Gasteiger partial charge in [-0.15, -0.1) is 0 Å². The van der Waals surface area contributed by atoms with Gasteiger partial charge in [0.1, 0.15) is 11.8 Å². The van der Waals surface area contributed by atoms with E-state index in [0.29, 0.717) is 22.3 Å². The van der Waals surface area contributed by atoms with Gasteiger partial charge in [0.2, 0.25) is 12.0 Å². The third kappa shape index (κ3) is 5.59. The highest BCUT2D eigenvalue weighted by Gasteiger charge is 2.20. The number of para-hydroxylation sites is 1. The molecule has 0 aliphatic carbocycles. The summed E-state index contributed by atoms with van der Waals surface area (Å²) < 4.78 is 11.1. The summed E-state index contributed by atoms with van der Waals surface area (Å²) in [7, 11) is 0. The van der Waals surface area contributed by atoms with E-state index in [0.717, 1.165) is 11.1 Å². The predicted octanol–water partition coefficient (Wildman–Crippen LogP) is 6.00. The van der Waals surface area contributed by atoms with E-state index in [4.69, 9.17) is 21.1 Å². The van der Waals surface area contributed by atoms with Gasteiger partial charge in [0, 0.05) is 11.1 Å². The van der Waals surface area contributed by atoms with E-state index >= 15 is 0 Å². The van der Waals surface area contributed by atoms with Crippen LogP contribution in [0.5, 0.6) is 11.6 Å². The lowest BCUT2D eigenvalue weighted by atomic mass is 9.95. The quantitative estimate of drug-likeness (QED) is 0.438. The fourth-order valence-corrected chi connectivity index (χ4v) is 3.17. The zero-order valence-corrected chi connectivity index (χ0v) is 17.5. The van der Waals surface area contributed by atoms with Crippen LogP contribution in [-0.4, -0.2) is 11.0 Å². The maximum absolute atomic E-state index is 12.5. The fraction of sp³-hybridized carbons (Fsp3) is 0.208. The Hall–Kier alpha value is -3.36. The first kappa shape index (κ1) is 21.4. The van der Waals surface area contributed by atoms with Crippen molar-refractivity contribution in [2.75, 3.05) is 0 Å². The van der Waals surface area contributed by atoms with Crippen molar-refractivity contribution in [2.24, 2.45) is 0 Å². The zero-order chi connectivity index (χ0) is 21.5. The average molecular weight is 421 g/mol. The molecule has 0 saturated carbocycles. The van der Waals surface area contributed by atoms with Gasteiger partial charge in [-0.05, 0) is 47.4 Å². The van der Waals surface area contributed by atoms with Crippen LogP contribution < -0.4 is 4.74 Å². The second kappa shape index (κ2) is 9.91. The number of hydrogen-bond acceptors (Lipinski definition) is 5. The monoisotopic (exact) mass is 420 g/mol. The molecule has 2 aromatic carbocycles. The fourth-order valence-electron chi connectivity index (χ4n) is 2.99. The predicted molar refractivity (Wildman–Crippen MR) is 114 cm³/mol. The molecule has 0 aliphatic heterocycles. The van der Waals surface area contributed by atoms with Gasteiger partial charge in [-0.3, -0.25) is 4.79 Å². The van der Waals surface area contributed by atoms with Crippen LogP contribution in [-0.2, 0) is 16.0 Å². The van der Waals surface area contributed by atoms with Crippen molar-refractivity contribution in [1.29, 1.82) is 5.26 Å².